The Balaban J connectivity index is 1.72. The Morgan fingerprint density at radius 1 is 1.26 bits per heavy atom. The van der Waals surface area contributed by atoms with E-state index in [2.05, 4.69) is 17.1 Å². The maximum atomic E-state index is 13.3. The van der Waals surface area contributed by atoms with Crippen LogP contribution in [0.2, 0.25) is 0 Å². The number of nitrogens with one attached hydrogen (secondary N) is 1. The highest BCUT2D eigenvalue weighted by molar-refractivity contribution is 5.21. The van der Waals surface area contributed by atoms with Crippen molar-refractivity contribution in [3.8, 4) is 0 Å². The first-order valence-corrected chi connectivity index (χ1v) is 7.07. The molecule has 1 aromatic carbocycles. The quantitative estimate of drug-likeness (QED) is 0.885. The van der Waals surface area contributed by atoms with Crippen LogP contribution in [0, 0.1) is 17.6 Å². The van der Waals surface area contributed by atoms with Crippen molar-refractivity contribution < 1.29 is 8.78 Å². The van der Waals surface area contributed by atoms with E-state index in [-0.39, 0.29) is 6.04 Å². The van der Waals surface area contributed by atoms with Gasteiger partial charge < -0.3 is 5.32 Å². The lowest BCUT2D eigenvalue weighted by molar-refractivity contribution is 0.122. The fourth-order valence-electron chi connectivity index (χ4n) is 3.41. The molecule has 2 fully saturated rings. The molecule has 2 aliphatic rings. The predicted molar refractivity (Wildman–Crippen MR) is 70.9 cm³/mol. The normalized spacial score (nSPS) is 29.2. The van der Waals surface area contributed by atoms with Crippen LogP contribution >= 0.6 is 0 Å². The number of piperidine rings is 1. The molecule has 104 valence electrons. The van der Waals surface area contributed by atoms with Crippen molar-refractivity contribution >= 4 is 0 Å². The zero-order chi connectivity index (χ0) is 13.4. The van der Waals surface area contributed by atoms with E-state index in [0.717, 1.165) is 31.6 Å². The van der Waals surface area contributed by atoms with Gasteiger partial charge >= 0.3 is 0 Å². The van der Waals surface area contributed by atoms with Crippen molar-refractivity contribution in [2.45, 2.75) is 31.8 Å². The summed E-state index contributed by atoms with van der Waals surface area (Å²) < 4.78 is 26.3. The fraction of sp³-hybridized carbons (Fsp3) is 0.600. The molecule has 3 rings (SSSR count). The number of rotatable bonds is 2. The number of likely N-dealkylation sites (tertiary alicyclic amines) is 1. The van der Waals surface area contributed by atoms with Crippen molar-refractivity contribution in [1.82, 2.24) is 10.2 Å². The highest BCUT2D eigenvalue weighted by Gasteiger charge is 2.34. The summed E-state index contributed by atoms with van der Waals surface area (Å²) in [5, 5.41) is 3.54. The van der Waals surface area contributed by atoms with Crippen LogP contribution in [0.3, 0.4) is 0 Å². The van der Waals surface area contributed by atoms with Crippen LogP contribution in [0.1, 0.15) is 31.4 Å². The van der Waals surface area contributed by atoms with Crippen LogP contribution in [-0.2, 0) is 0 Å². The summed E-state index contributed by atoms with van der Waals surface area (Å²) in [6, 6.07) is 5.07. The van der Waals surface area contributed by atoms with E-state index in [1.165, 1.54) is 18.6 Å². The van der Waals surface area contributed by atoms with Gasteiger partial charge in [0.05, 0.1) is 0 Å². The molecule has 2 saturated heterocycles. The molecular weight excluding hydrogens is 246 g/mol. The highest BCUT2D eigenvalue weighted by Crippen LogP contribution is 2.30. The number of hydrogen-bond acceptors (Lipinski definition) is 2. The molecule has 3 atom stereocenters. The molecule has 3 unspecified atom stereocenters. The van der Waals surface area contributed by atoms with Crippen molar-refractivity contribution in [3.05, 3.63) is 35.4 Å². The van der Waals surface area contributed by atoms with Gasteiger partial charge in [0.25, 0.3) is 0 Å². The second-order valence-electron chi connectivity index (χ2n) is 5.74. The molecule has 0 bridgehead atoms. The van der Waals surface area contributed by atoms with Crippen molar-refractivity contribution in [2.75, 3.05) is 19.6 Å². The van der Waals surface area contributed by atoms with Gasteiger partial charge in [-0.15, -0.1) is 0 Å². The Hall–Kier alpha value is -1.00. The SMILES string of the molecule is CC(c1ccc(F)c(F)c1)N1CCC2NCCC2C1. The van der Waals surface area contributed by atoms with Gasteiger partial charge in [0, 0.05) is 25.2 Å². The van der Waals surface area contributed by atoms with E-state index in [1.807, 2.05) is 0 Å². The van der Waals surface area contributed by atoms with Crippen LogP contribution in [0.4, 0.5) is 8.78 Å². The van der Waals surface area contributed by atoms with Gasteiger partial charge in [0.15, 0.2) is 11.6 Å². The van der Waals surface area contributed by atoms with Crippen molar-refractivity contribution in [3.63, 3.8) is 0 Å². The zero-order valence-electron chi connectivity index (χ0n) is 11.2. The van der Waals surface area contributed by atoms with Crippen LogP contribution < -0.4 is 5.32 Å². The summed E-state index contributed by atoms with van der Waals surface area (Å²) in [7, 11) is 0. The lowest BCUT2D eigenvalue weighted by Crippen LogP contribution is -2.45. The van der Waals surface area contributed by atoms with Crippen LogP contribution in [0.5, 0.6) is 0 Å². The number of fused-ring (bicyclic) bond motifs is 1. The topological polar surface area (TPSA) is 15.3 Å². The molecule has 2 nitrogen and oxygen atoms in total. The third-order valence-corrected chi connectivity index (χ3v) is 4.66. The minimum Gasteiger partial charge on any atom is -0.314 e. The van der Waals surface area contributed by atoms with E-state index in [4.69, 9.17) is 0 Å². The number of hydrogen-bond donors (Lipinski definition) is 1. The van der Waals surface area contributed by atoms with Gasteiger partial charge in [0.1, 0.15) is 0 Å². The molecule has 4 heteroatoms. The first-order chi connectivity index (χ1) is 9.15. The number of benzene rings is 1. The molecule has 2 heterocycles. The predicted octanol–water partition coefficient (Wildman–Crippen LogP) is 2.71. The van der Waals surface area contributed by atoms with Crippen LogP contribution in [0.25, 0.3) is 0 Å². The average molecular weight is 266 g/mol. The molecule has 2 aliphatic heterocycles. The van der Waals surface area contributed by atoms with E-state index in [9.17, 15) is 8.78 Å². The molecule has 0 spiro atoms. The fourth-order valence-corrected chi connectivity index (χ4v) is 3.41. The summed E-state index contributed by atoms with van der Waals surface area (Å²) >= 11 is 0. The summed E-state index contributed by atoms with van der Waals surface area (Å²) in [5.41, 5.74) is 0.864. The number of nitrogens with zero attached hydrogens (tertiary/aromatic N) is 1. The molecule has 0 amide bonds. The summed E-state index contributed by atoms with van der Waals surface area (Å²) in [5.74, 6) is -0.807. The Labute approximate surface area is 112 Å². The van der Waals surface area contributed by atoms with E-state index in [1.54, 1.807) is 6.07 Å². The Kier molecular flexibility index (Phi) is 3.54. The maximum Gasteiger partial charge on any atom is 0.159 e. The Morgan fingerprint density at radius 3 is 2.89 bits per heavy atom. The first-order valence-electron chi connectivity index (χ1n) is 7.07. The van der Waals surface area contributed by atoms with Crippen LogP contribution in [0.15, 0.2) is 18.2 Å². The van der Waals surface area contributed by atoms with Crippen molar-refractivity contribution in [1.29, 1.82) is 0 Å². The number of halogens is 2. The second-order valence-corrected chi connectivity index (χ2v) is 5.74. The minimum absolute atomic E-state index is 0.150. The van der Waals surface area contributed by atoms with Crippen molar-refractivity contribution in [2.24, 2.45) is 5.92 Å². The third-order valence-electron chi connectivity index (χ3n) is 4.66. The minimum atomic E-state index is -0.769. The van der Waals surface area contributed by atoms with Crippen LogP contribution in [-0.4, -0.2) is 30.6 Å². The third kappa shape index (κ3) is 2.51. The smallest absolute Gasteiger partial charge is 0.159 e. The zero-order valence-corrected chi connectivity index (χ0v) is 11.2. The molecule has 0 aliphatic carbocycles. The molecular formula is C15H20F2N2. The maximum absolute atomic E-state index is 13.3. The van der Waals surface area contributed by atoms with Gasteiger partial charge in [-0.05, 0) is 49.9 Å². The van der Waals surface area contributed by atoms with Gasteiger partial charge in [-0.1, -0.05) is 6.07 Å². The second kappa shape index (κ2) is 5.17. The molecule has 0 saturated carbocycles. The molecule has 0 aromatic heterocycles. The summed E-state index contributed by atoms with van der Waals surface area (Å²) in [6.07, 6.45) is 2.38. The highest BCUT2D eigenvalue weighted by atomic mass is 19.2. The lowest BCUT2D eigenvalue weighted by Gasteiger charge is -2.38. The lowest BCUT2D eigenvalue weighted by atomic mass is 9.91. The summed E-state index contributed by atoms with van der Waals surface area (Å²) in [6.45, 7) is 5.27. The van der Waals surface area contributed by atoms with E-state index < -0.39 is 11.6 Å². The average Bonchev–Trinajstić information content (AvgIpc) is 2.88. The van der Waals surface area contributed by atoms with Gasteiger partial charge in [-0.2, -0.15) is 0 Å². The Morgan fingerprint density at radius 2 is 2.11 bits per heavy atom. The molecule has 1 aromatic rings. The summed E-state index contributed by atoms with van der Waals surface area (Å²) in [4.78, 5) is 2.39. The van der Waals surface area contributed by atoms with E-state index >= 15 is 0 Å². The first kappa shape index (κ1) is 13.0. The molecule has 19 heavy (non-hydrogen) atoms. The standard InChI is InChI=1S/C15H20F2N2/c1-10(11-2-3-13(16)14(17)8-11)19-7-5-15-12(9-19)4-6-18-15/h2-3,8,10,12,15,18H,4-7,9H2,1H3. The van der Waals surface area contributed by atoms with Gasteiger partial charge in [-0.25, -0.2) is 8.78 Å². The van der Waals surface area contributed by atoms with Gasteiger partial charge in [-0.3, -0.25) is 4.90 Å². The van der Waals surface area contributed by atoms with E-state index in [0.29, 0.717) is 12.0 Å². The molecule has 0 radical (unpaired) electrons. The Bertz CT molecular complexity index is 463. The monoisotopic (exact) mass is 266 g/mol. The molecule has 1 N–H and O–H groups in total. The van der Waals surface area contributed by atoms with Gasteiger partial charge in [0.2, 0.25) is 0 Å². The largest absolute Gasteiger partial charge is 0.314 e.